The monoisotopic (exact) mass is 1080 g/mol. The minimum atomic E-state index is -0.798. The third-order valence-corrected chi connectivity index (χ3v) is 13.7. The number of esters is 3. The van der Waals surface area contributed by atoms with E-state index in [1.54, 1.807) is 0 Å². The molecule has 0 saturated carbocycles. The molecule has 6 heteroatoms. The van der Waals surface area contributed by atoms with Crippen LogP contribution in [-0.4, -0.2) is 37.2 Å². The quantitative estimate of drug-likeness (QED) is 0.0261. The van der Waals surface area contributed by atoms with Gasteiger partial charge in [-0.1, -0.05) is 290 Å². The lowest BCUT2D eigenvalue weighted by atomic mass is 10.0. The number of carbonyl (C=O) groups is 3. The van der Waals surface area contributed by atoms with Crippen molar-refractivity contribution in [3.05, 3.63) is 122 Å². The molecule has 0 aromatic heterocycles. The zero-order valence-electron chi connectivity index (χ0n) is 50.9. The molecule has 0 aromatic carbocycles. The van der Waals surface area contributed by atoms with Crippen molar-refractivity contribution in [2.75, 3.05) is 13.2 Å². The molecule has 0 N–H and O–H groups in total. The molecule has 0 saturated heterocycles. The molecule has 444 valence electrons. The molecule has 0 rings (SSSR count). The molecule has 0 aromatic rings. The molecule has 1 atom stereocenters. The van der Waals surface area contributed by atoms with Crippen LogP contribution >= 0.6 is 0 Å². The maximum atomic E-state index is 12.8. The largest absolute Gasteiger partial charge is 0.462 e. The summed E-state index contributed by atoms with van der Waals surface area (Å²) >= 11 is 0. The maximum Gasteiger partial charge on any atom is 0.306 e. The second kappa shape index (κ2) is 65.3. The lowest BCUT2D eigenvalue weighted by molar-refractivity contribution is -0.167. The van der Waals surface area contributed by atoms with Crippen LogP contribution in [0.15, 0.2) is 122 Å². The van der Waals surface area contributed by atoms with E-state index in [4.69, 9.17) is 14.2 Å². The number of unbranched alkanes of at least 4 members (excludes halogenated alkanes) is 27. The van der Waals surface area contributed by atoms with Gasteiger partial charge < -0.3 is 14.2 Å². The molecule has 1 unspecified atom stereocenters. The van der Waals surface area contributed by atoms with Crippen LogP contribution in [0.3, 0.4) is 0 Å². The Bertz CT molecular complexity index is 1620. The molecule has 0 spiro atoms. The Labute approximate surface area is 482 Å². The Morgan fingerprint density at radius 3 is 0.808 bits per heavy atom. The Kier molecular flexibility index (Phi) is 61.8. The van der Waals surface area contributed by atoms with Crippen molar-refractivity contribution in [1.82, 2.24) is 0 Å². The molecule has 0 bridgehead atoms. The standard InChI is InChI=1S/C72H120O6/c1-4-7-10-13-16-19-22-24-26-27-28-29-30-31-32-33-34-35-36-37-38-39-40-41-42-43-44-45-47-48-50-53-56-59-62-65-71(74)77-68-69(67-76-70(73)64-61-58-55-52-21-18-15-12-9-6-3)78-72(75)66-63-60-57-54-51-49-46-25-23-20-17-14-11-8-5-2/h7-8,10-11,16-17,19-20,24-26,28-29,31-32,34-35,46,51,54,69H,4-6,9,12-15,18,21-23,27,30,33,36-45,47-50,52-53,55-68H2,1-3H3/b10-7-,11-8-,19-16-,20-17-,26-24-,29-28-,32-31-,35-34-,46-25-,54-51-. The van der Waals surface area contributed by atoms with Gasteiger partial charge in [0.05, 0.1) is 0 Å². The van der Waals surface area contributed by atoms with Crippen LogP contribution in [0.5, 0.6) is 0 Å². The number of hydrogen-bond acceptors (Lipinski definition) is 6. The van der Waals surface area contributed by atoms with E-state index in [1.807, 2.05) is 0 Å². The molecular weight excluding hydrogens is 961 g/mol. The average molecular weight is 1080 g/mol. The predicted octanol–water partition coefficient (Wildman–Crippen LogP) is 22.4. The average Bonchev–Trinajstić information content (AvgIpc) is 3.44. The van der Waals surface area contributed by atoms with Gasteiger partial charge in [0.2, 0.25) is 0 Å². The van der Waals surface area contributed by atoms with Crippen LogP contribution in [-0.2, 0) is 28.6 Å². The van der Waals surface area contributed by atoms with Crippen molar-refractivity contribution in [3.63, 3.8) is 0 Å². The third kappa shape index (κ3) is 62.7. The summed E-state index contributed by atoms with van der Waals surface area (Å²) in [5.74, 6) is -0.930. The number of ether oxygens (including phenoxy) is 3. The first-order chi connectivity index (χ1) is 38.5. The third-order valence-electron chi connectivity index (χ3n) is 13.7. The number of rotatable bonds is 58. The highest BCUT2D eigenvalue weighted by molar-refractivity contribution is 5.71. The van der Waals surface area contributed by atoms with Gasteiger partial charge in [-0.25, -0.2) is 0 Å². The summed E-state index contributed by atoms with van der Waals surface area (Å²) in [7, 11) is 0. The molecule has 0 radical (unpaired) electrons. The van der Waals surface area contributed by atoms with Gasteiger partial charge in [-0.05, 0) is 109 Å². The molecule has 0 amide bonds. The van der Waals surface area contributed by atoms with Gasteiger partial charge in [-0.3, -0.25) is 14.4 Å². The van der Waals surface area contributed by atoms with E-state index >= 15 is 0 Å². The smallest absolute Gasteiger partial charge is 0.306 e. The first-order valence-electron chi connectivity index (χ1n) is 32.5. The summed E-state index contributed by atoms with van der Waals surface area (Å²) in [6.45, 7) is 6.37. The Balaban J connectivity index is 4.12. The van der Waals surface area contributed by atoms with Crippen molar-refractivity contribution < 1.29 is 28.6 Å². The van der Waals surface area contributed by atoms with Crippen LogP contribution in [0, 0.1) is 0 Å². The van der Waals surface area contributed by atoms with Gasteiger partial charge in [0.15, 0.2) is 6.10 Å². The summed E-state index contributed by atoms with van der Waals surface area (Å²) in [6.07, 6.45) is 90.9. The normalized spacial score (nSPS) is 12.9. The van der Waals surface area contributed by atoms with Crippen LogP contribution in [0.2, 0.25) is 0 Å². The van der Waals surface area contributed by atoms with E-state index in [1.165, 1.54) is 135 Å². The highest BCUT2D eigenvalue weighted by Crippen LogP contribution is 2.16. The summed E-state index contributed by atoms with van der Waals surface area (Å²) < 4.78 is 16.8. The SMILES string of the molecule is CC/C=C\C/C=C\C/C=C\C/C=C\C/C=C\C/C=C\CCCCCCCCCCCCCCCCCCC(=O)OCC(COC(=O)CCCCCCCCCCCC)OC(=O)CCCC/C=C\C/C=C\C/C=C\C/C=C\CC. The topological polar surface area (TPSA) is 78.9 Å². The van der Waals surface area contributed by atoms with Crippen LogP contribution < -0.4 is 0 Å². The van der Waals surface area contributed by atoms with Crippen molar-refractivity contribution in [2.45, 2.75) is 303 Å². The van der Waals surface area contributed by atoms with E-state index in [0.29, 0.717) is 19.3 Å². The number of carbonyl (C=O) groups excluding carboxylic acids is 3. The Hall–Kier alpha value is -4.19. The fourth-order valence-electron chi connectivity index (χ4n) is 8.91. The van der Waals surface area contributed by atoms with E-state index in [-0.39, 0.29) is 37.5 Å². The van der Waals surface area contributed by atoms with Gasteiger partial charge in [0, 0.05) is 19.3 Å². The van der Waals surface area contributed by atoms with Gasteiger partial charge in [-0.2, -0.15) is 0 Å². The fraction of sp³-hybridized carbons (Fsp3) is 0.681. The molecule has 0 heterocycles. The van der Waals surface area contributed by atoms with Gasteiger partial charge in [-0.15, -0.1) is 0 Å². The van der Waals surface area contributed by atoms with Crippen molar-refractivity contribution in [1.29, 1.82) is 0 Å². The second-order valence-electron chi connectivity index (χ2n) is 21.3. The molecule has 6 nitrogen and oxygen atoms in total. The lowest BCUT2D eigenvalue weighted by Crippen LogP contribution is -2.30. The molecule has 78 heavy (non-hydrogen) atoms. The summed E-state index contributed by atoms with van der Waals surface area (Å²) in [6, 6.07) is 0. The van der Waals surface area contributed by atoms with E-state index in [0.717, 1.165) is 116 Å². The van der Waals surface area contributed by atoms with Gasteiger partial charge >= 0.3 is 17.9 Å². The fourth-order valence-corrected chi connectivity index (χ4v) is 8.91. The van der Waals surface area contributed by atoms with E-state index in [2.05, 4.69) is 142 Å². The van der Waals surface area contributed by atoms with Crippen LogP contribution in [0.1, 0.15) is 297 Å². The lowest BCUT2D eigenvalue weighted by Gasteiger charge is -2.18. The minimum Gasteiger partial charge on any atom is -0.462 e. The minimum absolute atomic E-state index is 0.0924. The Morgan fingerprint density at radius 1 is 0.269 bits per heavy atom. The molecule has 0 aliphatic rings. The molecular formula is C72H120O6. The van der Waals surface area contributed by atoms with E-state index in [9.17, 15) is 14.4 Å². The zero-order chi connectivity index (χ0) is 56.4. The molecule has 0 aliphatic heterocycles. The van der Waals surface area contributed by atoms with E-state index < -0.39 is 6.10 Å². The van der Waals surface area contributed by atoms with Crippen LogP contribution in [0.25, 0.3) is 0 Å². The van der Waals surface area contributed by atoms with Gasteiger partial charge in [0.25, 0.3) is 0 Å². The zero-order valence-corrected chi connectivity index (χ0v) is 50.9. The van der Waals surface area contributed by atoms with Crippen molar-refractivity contribution in [2.24, 2.45) is 0 Å². The van der Waals surface area contributed by atoms with Crippen molar-refractivity contribution in [3.8, 4) is 0 Å². The van der Waals surface area contributed by atoms with Crippen molar-refractivity contribution >= 4 is 17.9 Å². The summed E-state index contributed by atoms with van der Waals surface area (Å²) in [5, 5.41) is 0. The van der Waals surface area contributed by atoms with Gasteiger partial charge in [0.1, 0.15) is 13.2 Å². The highest BCUT2D eigenvalue weighted by Gasteiger charge is 2.19. The van der Waals surface area contributed by atoms with Crippen LogP contribution in [0.4, 0.5) is 0 Å². The predicted molar refractivity (Wildman–Crippen MR) is 339 cm³/mol. The number of allylic oxidation sites excluding steroid dienone is 20. The first kappa shape index (κ1) is 73.8. The summed E-state index contributed by atoms with van der Waals surface area (Å²) in [5.41, 5.74) is 0. The molecule has 0 aliphatic carbocycles. The highest BCUT2D eigenvalue weighted by atomic mass is 16.6. The first-order valence-corrected chi connectivity index (χ1v) is 32.5. The number of hydrogen-bond donors (Lipinski definition) is 0. The molecule has 0 fully saturated rings. The second-order valence-corrected chi connectivity index (χ2v) is 21.3. The maximum absolute atomic E-state index is 12.8. The summed E-state index contributed by atoms with van der Waals surface area (Å²) in [4.78, 5) is 38.1. The Morgan fingerprint density at radius 2 is 0.500 bits per heavy atom.